The van der Waals surface area contributed by atoms with Gasteiger partial charge in [-0.15, -0.1) is 0 Å². The largest absolute Gasteiger partial charge is 0.338 e. The Bertz CT molecular complexity index is 942. The van der Waals surface area contributed by atoms with Gasteiger partial charge in [0.1, 0.15) is 11.6 Å². The second-order valence-electron chi connectivity index (χ2n) is 6.25. The topological polar surface area (TPSA) is 94.3 Å². The molecular formula is C17H19N5O2. The number of amides is 1. The van der Waals surface area contributed by atoms with Crippen molar-refractivity contribution in [1.82, 2.24) is 19.5 Å². The number of carbonyl (C=O) groups is 1. The van der Waals surface area contributed by atoms with Crippen molar-refractivity contribution in [2.45, 2.75) is 33.1 Å². The van der Waals surface area contributed by atoms with E-state index in [-0.39, 0.29) is 17.4 Å². The van der Waals surface area contributed by atoms with Crippen LogP contribution in [0.3, 0.4) is 0 Å². The molecule has 7 heteroatoms. The van der Waals surface area contributed by atoms with Gasteiger partial charge in [-0.25, -0.2) is 9.50 Å². The first-order chi connectivity index (χ1) is 11.4. The maximum absolute atomic E-state index is 12.9. The Morgan fingerprint density at radius 3 is 2.83 bits per heavy atom. The molecule has 0 saturated heterocycles. The van der Waals surface area contributed by atoms with Crippen LogP contribution >= 0.6 is 0 Å². The van der Waals surface area contributed by atoms with E-state index in [9.17, 15) is 14.9 Å². The molecule has 3 heterocycles. The van der Waals surface area contributed by atoms with E-state index in [1.807, 2.05) is 26.0 Å². The minimum Gasteiger partial charge on any atom is -0.338 e. The second kappa shape index (κ2) is 5.96. The van der Waals surface area contributed by atoms with E-state index >= 15 is 0 Å². The number of H-pyrrole nitrogens is 1. The van der Waals surface area contributed by atoms with Crippen molar-refractivity contribution in [1.29, 1.82) is 5.26 Å². The number of aromatic nitrogens is 3. The van der Waals surface area contributed by atoms with Gasteiger partial charge in [0.15, 0.2) is 5.65 Å². The van der Waals surface area contributed by atoms with Crippen LogP contribution in [-0.4, -0.2) is 38.5 Å². The highest BCUT2D eigenvalue weighted by Gasteiger charge is 2.24. The predicted molar refractivity (Wildman–Crippen MR) is 89.5 cm³/mol. The number of nitriles is 1. The molecular weight excluding hydrogens is 306 g/mol. The third-order valence-corrected chi connectivity index (χ3v) is 4.30. The van der Waals surface area contributed by atoms with Crippen LogP contribution in [0.5, 0.6) is 0 Å². The maximum Gasteiger partial charge on any atom is 0.276 e. The molecule has 0 radical (unpaired) electrons. The SMILES string of the molecule is CC(=O)N1CCC=C(c2nc3c(C#N)c[nH]n3c(=O)c2C(C)C)C1. The molecule has 24 heavy (non-hydrogen) atoms. The summed E-state index contributed by atoms with van der Waals surface area (Å²) in [4.78, 5) is 30.9. The molecule has 2 aromatic rings. The van der Waals surface area contributed by atoms with Crippen LogP contribution in [0, 0.1) is 11.3 Å². The third-order valence-electron chi connectivity index (χ3n) is 4.30. The van der Waals surface area contributed by atoms with Crippen molar-refractivity contribution in [3.8, 4) is 6.07 Å². The van der Waals surface area contributed by atoms with Gasteiger partial charge in [0, 0.05) is 31.8 Å². The highest BCUT2D eigenvalue weighted by Crippen LogP contribution is 2.26. The number of nitrogens with one attached hydrogen (secondary N) is 1. The van der Waals surface area contributed by atoms with E-state index in [2.05, 4.69) is 10.1 Å². The molecule has 7 nitrogen and oxygen atoms in total. The van der Waals surface area contributed by atoms with E-state index < -0.39 is 0 Å². The number of hydrogen-bond acceptors (Lipinski definition) is 4. The molecule has 1 N–H and O–H groups in total. The van der Waals surface area contributed by atoms with Gasteiger partial charge in [0.05, 0.1) is 5.69 Å². The predicted octanol–water partition coefficient (Wildman–Crippen LogP) is 1.65. The Balaban J connectivity index is 2.25. The number of nitrogens with zero attached hydrogens (tertiary/aromatic N) is 4. The summed E-state index contributed by atoms with van der Waals surface area (Å²) in [5, 5.41) is 12.0. The van der Waals surface area contributed by atoms with Crippen molar-refractivity contribution in [3.05, 3.63) is 39.4 Å². The van der Waals surface area contributed by atoms with Crippen molar-refractivity contribution in [3.63, 3.8) is 0 Å². The molecule has 0 aromatic carbocycles. The zero-order chi connectivity index (χ0) is 17.4. The second-order valence-corrected chi connectivity index (χ2v) is 6.25. The van der Waals surface area contributed by atoms with Gasteiger partial charge in [-0.1, -0.05) is 19.9 Å². The molecule has 0 saturated carbocycles. The van der Waals surface area contributed by atoms with Crippen molar-refractivity contribution in [2.75, 3.05) is 13.1 Å². The highest BCUT2D eigenvalue weighted by atomic mass is 16.2. The molecule has 0 atom stereocenters. The molecule has 3 rings (SSSR count). The summed E-state index contributed by atoms with van der Waals surface area (Å²) in [7, 11) is 0. The van der Waals surface area contributed by atoms with Crippen LogP contribution in [0.4, 0.5) is 0 Å². The first-order valence-electron chi connectivity index (χ1n) is 7.93. The van der Waals surface area contributed by atoms with E-state index in [0.717, 1.165) is 12.0 Å². The molecule has 124 valence electrons. The van der Waals surface area contributed by atoms with Crippen LogP contribution in [0.25, 0.3) is 11.2 Å². The molecule has 0 fully saturated rings. The molecule has 0 aliphatic carbocycles. The normalized spacial score (nSPS) is 14.8. The lowest BCUT2D eigenvalue weighted by molar-refractivity contribution is -0.128. The lowest BCUT2D eigenvalue weighted by atomic mass is 9.96. The Hall–Kier alpha value is -2.88. The van der Waals surface area contributed by atoms with Gasteiger partial charge < -0.3 is 4.90 Å². The molecule has 0 spiro atoms. The molecule has 1 aliphatic rings. The van der Waals surface area contributed by atoms with Crippen molar-refractivity contribution >= 4 is 17.1 Å². The quantitative estimate of drug-likeness (QED) is 0.908. The van der Waals surface area contributed by atoms with Gasteiger partial charge in [0.2, 0.25) is 5.91 Å². The fraction of sp³-hybridized carbons (Fsp3) is 0.412. The summed E-state index contributed by atoms with van der Waals surface area (Å²) < 4.78 is 1.31. The van der Waals surface area contributed by atoms with E-state index in [0.29, 0.717) is 35.6 Å². The summed E-state index contributed by atoms with van der Waals surface area (Å²) in [5.74, 6) is -0.0248. The van der Waals surface area contributed by atoms with Crippen molar-refractivity contribution < 1.29 is 4.79 Å². The molecule has 2 aromatic heterocycles. The molecule has 0 bridgehead atoms. The standard InChI is InChI=1S/C17H19N5O2/c1-10(2)14-15(12-5-4-6-21(9-12)11(3)23)20-16-13(7-18)8-19-22(16)17(14)24/h5,8,10,19H,4,6,9H2,1-3H3. The van der Waals surface area contributed by atoms with Gasteiger partial charge in [-0.05, 0) is 17.9 Å². The van der Waals surface area contributed by atoms with Crippen LogP contribution in [-0.2, 0) is 4.79 Å². The molecule has 1 amide bonds. The average molecular weight is 325 g/mol. The number of aromatic amines is 1. The first-order valence-corrected chi connectivity index (χ1v) is 7.93. The Morgan fingerprint density at radius 2 is 2.21 bits per heavy atom. The summed E-state index contributed by atoms with van der Waals surface area (Å²) in [6.45, 7) is 6.52. The van der Waals surface area contributed by atoms with Crippen LogP contribution in [0.2, 0.25) is 0 Å². The Morgan fingerprint density at radius 1 is 1.46 bits per heavy atom. The fourth-order valence-electron chi connectivity index (χ4n) is 3.06. The lowest BCUT2D eigenvalue weighted by Gasteiger charge is -2.27. The van der Waals surface area contributed by atoms with Gasteiger partial charge in [0.25, 0.3) is 5.56 Å². The minimum absolute atomic E-state index is 0.00357. The zero-order valence-electron chi connectivity index (χ0n) is 14.0. The van der Waals surface area contributed by atoms with E-state index in [1.165, 1.54) is 17.6 Å². The Labute approximate surface area is 139 Å². The van der Waals surface area contributed by atoms with Gasteiger partial charge in [-0.2, -0.15) is 5.26 Å². The van der Waals surface area contributed by atoms with Crippen LogP contribution in [0.15, 0.2) is 17.1 Å². The number of fused-ring (bicyclic) bond motifs is 1. The third kappa shape index (κ3) is 2.50. The first kappa shape index (κ1) is 16.0. The number of carbonyl (C=O) groups excluding carboxylic acids is 1. The van der Waals surface area contributed by atoms with Gasteiger partial charge in [-0.3, -0.25) is 14.7 Å². The average Bonchev–Trinajstić information content (AvgIpc) is 2.97. The van der Waals surface area contributed by atoms with Gasteiger partial charge >= 0.3 is 0 Å². The van der Waals surface area contributed by atoms with Crippen LogP contribution in [0.1, 0.15) is 49.9 Å². The monoisotopic (exact) mass is 325 g/mol. The smallest absolute Gasteiger partial charge is 0.276 e. The van der Waals surface area contributed by atoms with E-state index in [1.54, 1.807) is 4.90 Å². The molecule has 1 aliphatic heterocycles. The summed E-state index contributed by atoms with van der Waals surface area (Å²) in [5.41, 5.74) is 2.50. The number of rotatable bonds is 2. The lowest BCUT2D eigenvalue weighted by Crippen LogP contribution is -2.34. The fourth-order valence-corrected chi connectivity index (χ4v) is 3.06. The maximum atomic E-state index is 12.9. The van der Waals surface area contributed by atoms with Crippen LogP contribution < -0.4 is 5.56 Å². The summed E-state index contributed by atoms with van der Waals surface area (Å²) in [6, 6.07) is 2.05. The van der Waals surface area contributed by atoms with Crippen molar-refractivity contribution in [2.24, 2.45) is 0 Å². The number of hydrogen-bond donors (Lipinski definition) is 1. The minimum atomic E-state index is -0.202. The summed E-state index contributed by atoms with van der Waals surface area (Å²) >= 11 is 0. The zero-order valence-corrected chi connectivity index (χ0v) is 14.0. The Kier molecular flexibility index (Phi) is 3.97. The molecule has 0 unspecified atom stereocenters. The highest BCUT2D eigenvalue weighted by molar-refractivity contribution is 5.78. The van der Waals surface area contributed by atoms with E-state index in [4.69, 9.17) is 0 Å². The summed E-state index contributed by atoms with van der Waals surface area (Å²) in [6.07, 6.45) is 4.24.